The standard InChI is InChI=1S/C25H28N4O3/c30-24-13-12-23(26-29(24)18-19-32-22-10-5-2-6-11-22)25(31)28-15-7-14-27(16-17-28)20-21-8-3-1-4-9-21/h1-6,8-13H,7,14-20H2. The van der Waals surface area contributed by atoms with Gasteiger partial charge >= 0.3 is 0 Å². The van der Waals surface area contributed by atoms with Gasteiger partial charge in [-0.25, -0.2) is 4.68 Å². The van der Waals surface area contributed by atoms with Crippen molar-refractivity contribution in [2.75, 3.05) is 32.8 Å². The van der Waals surface area contributed by atoms with E-state index in [-0.39, 0.29) is 18.0 Å². The van der Waals surface area contributed by atoms with E-state index in [1.165, 1.54) is 22.4 Å². The summed E-state index contributed by atoms with van der Waals surface area (Å²) >= 11 is 0. The molecule has 0 unspecified atom stereocenters. The van der Waals surface area contributed by atoms with Crippen molar-refractivity contribution in [2.45, 2.75) is 19.5 Å². The second-order valence-electron chi connectivity index (χ2n) is 7.85. The van der Waals surface area contributed by atoms with E-state index in [9.17, 15) is 9.59 Å². The van der Waals surface area contributed by atoms with E-state index in [2.05, 4.69) is 34.3 Å². The van der Waals surface area contributed by atoms with Crippen molar-refractivity contribution < 1.29 is 9.53 Å². The summed E-state index contributed by atoms with van der Waals surface area (Å²) in [5.41, 5.74) is 1.32. The average molecular weight is 433 g/mol. The van der Waals surface area contributed by atoms with Crippen molar-refractivity contribution in [3.05, 3.63) is 94.4 Å². The molecule has 0 spiro atoms. The van der Waals surface area contributed by atoms with Crippen LogP contribution in [0.3, 0.4) is 0 Å². The lowest BCUT2D eigenvalue weighted by Gasteiger charge is -2.22. The third-order valence-corrected chi connectivity index (χ3v) is 5.53. The fraction of sp³-hybridized carbons (Fsp3) is 0.320. The molecule has 4 rings (SSSR count). The largest absolute Gasteiger partial charge is 0.492 e. The van der Waals surface area contributed by atoms with Gasteiger partial charge in [0.15, 0.2) is 0 Å². The Morgan fingerprint density at radius 3 is 2.41 bits per heavy atom. The highest BCUT2D eigenvalue weighted by molar-refractivity contribution is 5.92. The van der Waals surface area contributed by atoms with Crippen molar-refractivity contribution in [1.82, 2.24) is 19.6 Å². The number of hydrogen-bond acceptors (Lipinski definition) is 5. The Bertz CT molecular complexity index is 1070. The molecule has 32 heavy (non-hydrogen) atoms. The van der Waals surface area contributed by atoms with E-state index in [1.54, 1.807) is 0 Å². The number of para-hydroxylation sites is 1. The van der Waals surface area contributed by atoms with E-state index in [4.69, 9.17) is 4.74 Å². The predicted octanol–water partition coefficient (Wildman–Crippen LogP) is 2.67. The lowest BCUT2D eigenvalue weighted by atomic mass is 10.2. The summed E-state index contributed by atoms with van der Waals surface area (Å²) in [5.74, 6) is 0.599. The van der Waals surface area contributed by atoms with Gasteiger partial charge in [-0.2, -0.15) is 5.10 Å². The van der Waals surface area contributed by atoms with Gasteiger partial charge in [-0.1, -0.05) is 48.5 Å². The number of benzene rings is 2. The monoisotopic (exact) mass is 432 g/mol. The van der Waals surface area contributed by atoms with E-state index in [1.807, 2.05) is 41.3 Å². The molecule has 0 saturated carbocycles. The molecular weight excluding hydrogens is 404 g/mol. The highest BCUT2D eigenvalue weighted by Gasteiger charge is 2.22. The third kappa shape index (κ3) is 5.82. The van der Waals surface area contributed by atoms with Gasteiger partial charge < -0.3 is 9.64 Å². The maximum absolute atomic E-state index is 13.1. The Balaban J connectivity index is 1.35. The molecule has 7 heteroatoms. The first kappa shape index (κ1) is 21.8. The normalized spacial score (nSPS) is 14.7. The van der Waals surface area contributed by atoms with Gasteiger partial charge in [0.05, 0.1) is 6.54 Å². The number of ether oxygens (including phenoxy) is 1. The number of aromatic nitrogens is 2. The molecular formula is C25H28N4O3. The van der Waals surface area contributed by atoms with Crippen LogP contribution in [-0.4, -0.2) is 58.3 Å². The van der Waals surface area contributed by atoms with Gasteiger partial charge in [-0.3, -0.25) is 14.5 Å². The first-order chi connectivity index (χ1) is 15.7. The van der Waals surface area contributed by atoms with Crippen molar-refractivity contribution >= 4 is 5.91 Å². The molecule has 2 heterocycles. The quantitative estimate of drug-likeness (QED) is 0.574. The number of carbonyl (C=O) groups is 1. The van der Waals surface area contributed by atoms with Crippen LogP contribution in [0.1, 0.15) is 22.5 Å². The number of carbonyl (C=O) groups excluding carboxylic acids is 1. The van der Waals surface area contributed by atoms with Gasteiger partial charge in [0.25, 0.3) is 11.5 Å². The Hall–Kier alpha value is -3.45. The maximum atomic E-state index is 13.1. The summed E-state index contributed by atoms with van der Waals surface area (Å²) < 4.78 is 6.96. The molecule has 2 aromatic carbocycles. The molecule has 1 aliphatic heterocycles. The number of hydrogen-bond donors (Lipinski definition) is 0. The van der Waals surface area contributed by atoms with E-state index < -0.39 is 0 Å². The van der Waals surface area contributed by atoms with E-state index in [0.717, 1.165) is 31.8 Å². The highest BCUT2D eigenvalue weighted by Crippen LogP contribution is 2.11. The molecule has 0 radical (unpaired) electrons. The van der Waals surface area contributed by atoms with Crippen LogP contribution in [0.15, 0.2) is 77.6 Å². The molecule has 1 aromatic heterocycles. The summed E-state index contributed by atoms with van der Waals surface area (Å²) in [4.78, 5) is 29.5. The Morgan fingerprint density at radius 2 is 1.62 bits per heavy atom. The minimum atomic E-state index is -0.247. The molecule has 0 aliphatic carbocycles. The molecule has 1 saturated heterocycles. The van der Waals surface area contributed by atoms with Crippen molar-refractivity contribution in [3.63, 3.8) is 0 Å². The van der Waals surface area contributed by atoms with Crippen LogP contribution in [0.25, 0.3) is 0 Å². The molecule has 3 aromatic rings. The minimum Gasteiger partial charge on any atom is -0.492 e. The van der Waals surface area contributed by atoms with E-state index in [0.29, 0.717) is 25.4 Å². The number of rotatable bonds is 7. The zero-order valence-corrected chi connectivity index (χ0v) is 18.1. The first-order valence-electron chi connectivity index (χ1n) is 11.0. The second kappa shape index (κ2) is 10.7. The van der Waals surface area contributed by atoms with Gasteiger partial charge in [-0.15, -0.1) is 0 Å². The van der Waals surface area contributed by atoms with Gasteiger partial charge in [0, 0.05) is 38.8 Å². The molecule has 1 aliphatic rings. The predicted molar refractivity (Wildman–Crippen MR) is 123 cm³/mol. The lowest BCUT2D eigenvalue weighted by Crippen LogP contribution is -2.37. The summed E-state index contributed by atoms with van der Waals surface area (Å²) in [6.07, 6.45) is 0.906. The average Bonchev–Trinajstić information content (AvgIpc) is 3.07. The molecule has 166 valence electrons. The first-order valence-corrected chi connectivity index (χ1v) is 11.0. The van der Waals surface area contributed by atoms with Crippen LogP contribution in [-0.2, 0) is 13.1 Å². The summed E-state index contributed by atoms with van der Waals surface area (Å²) in [6, 6.07) is 22.7. The maximum Gasteiger partial charge on any atom is 0.274 e. The minimum absolute atomic E-state index is 0.135. The summed E-state index contributed by atoms with van der Waals surface area (Å²) in [5, 5.41) is 4.32. The van der Waals surface area contributed by atoms with Crippen LogP contribution in [0.2, 0.25) is 0 Å². The third-order valence-electron chi connectivity index (χ3n) is 5.53. The van der Waals surface area contributed by atoms with Crippen LogP contribution in [0, 0.1) is 0 Å². The Morgan fingerprint density at radius 1 is 0.875 bits per heavy atom. The fourth-order valence-corrected chi connectivity index (χ4v) is 3.83. The van der Waals surface area contributed by atoms with Gasteiger partial charge in [-0.05, 0) is 30.2 Å². The zero-order valence-electron chi connectivity index (χ0n) is 18.1. The number of nitrogens with zero attached hydrogens (tertiary/aromatic N) is 4. The number of amides is 1. The molecule has 0 atom stereocenters. The zero-order chi connectivity index (χ0) is 22.2. The van der Waals surface area contributed by atoms with E-state index >= 15 is 0 Å². The molecule has 1 amide bonds. The fourth-order valence-electron chi connectivity index (χ4n) is 3.83. The van der Waals surface area contributed by atoms with Crippen LogP contribution in [0.5, 0.6) is 5.75 Å². The topological polar surface area (TPSA) is 67.7 Å². The molecule has 0 bridgehead atoms. The van der Waals surface area contributed by atoms with Crippen molar-refractivity contribution in [3.8, 4) is 5.75 Å². The molecule has 7 nitrogen and oxygen atoms in total. The van der Waals surface area contributed by atoms with Crippen LogP contribution in [0.4, 0.5) is 0 Å². The van der Waals surface area contributed by atoms with Gasteiger partial charge in [0.1, 0.15) is 18.1 Å². The summed E-state index contributed by atoms with van der Waals surface area (Å²) in [7, 11) is 0. The van der Waals surface area contributed by atoms with Crippen LogP contribution < -0.4 is 10.3 Å². The second-order valence-corrected chi connectivity index (χ2v) is 7.85. The van der Waals surface area contributed by atoms with Crippen molar-refractivity contribution in [2.24, 2.45) is 0 Å². The highest BCUT2D eigenvalue weighted by atomic mass is 16.5. The Kier molecular flexibility index (Phi) is 7.30. The molecule has 1 fully saturated rings. The Labute approximate surface area is 187 Å². The SMILES string of the molecule is O=C(c1ccc(=O)n(CCOc2ccccc2)n1)N1CCCN(Cc2ccccc2)CC1. The smallest absolute Gasteiger partial charge is 0.274 e. The molecule has 0 N–H and O–H groups in total. The van der Waals surface area contributed by atoms with Crippen molar-refractivity contribution in [1.29, 1.82) is 0 Å². The van der Waals surface area contributed by atoms with Gasteiger partial charge in [0.2, 0.25) is 0 Å². The summed E-state index contributed by atoms with van der Waals surface area (Å²) in [6.45, 7) is 4.54. The van der Waals surface area contributed by atoms with Crippen LogP contribution >= 0.6 is 0 Å². The lowest BCUT2D eigenvalue weighted by molar-refractivity contribution is 0.0752.